The number of carbonyl (C=O) groups is 1. The zero-order chi connectivity index (χ0) is 12.0. The largest absolute Gasteiger partial charge is 0.463 e. The zero-order valence-corrected chi connectivity index (χ0v) is 8.28. The van der Waals surface area contributed by atoms with Crippen LogP contribution in [0.2, 0.25) is 0 Å². The van der Waals surface area contributed by atoms with Crippen LogP contribution in [-0.2, 0) is 9.53 Å². The molecule has 0 aliphatic heterocycles. The third kappa shape index (κ3) is 5.05. The molecule has 0 spiro atoms. The molecule has 0 saturated heterocycles. The SMILES string of the molecule is CC(=O)OCC(O)C(O)C(O)C(O)CO. The molecule has 15 heavy (non-hydrogen) atoms. The van der Waals surface area contributed by atoms with Gasteiger partial charge in [-0.2, -0.15) is 0 Å². The molecule has 0 amide bonds. The Hall–Kier alpha value is -0.730. The topological polar surface area (TPSA) is 127 Å². The second kappa shape index (κ2) is 6.70. The zero-order valence-electron chi connectivity index (χ0n) is 8.28. The normalized spacial score (nSPS) is 19.1. The van der Waals surface area contributed by atoms with Crippen LogP contribution in [0.3, 0.4) is 0 Å². The van der Waals surface area contributed by atoms with Crippen LogP contribution in [-0.4, -0.2) is 69.1 Å². The van der Waals surface area contributed by atoms with Crippen molar-refractivity contribution in [2.75, 3.05) is 13.2 Å². The Kier molecular flexibility index (Phi) is 6.37. The lowest BCUT2D eigenvalue weighted by Gasteiger charge is -2.25. The van der Waals surface area contributed by atoms with Crippen LogP contribution in [0.4, 0.5) is 0 Å². The van der Waals surface area contributed by atoms with E-state index in [9.17, 15) is 15.0 Å². The number of esters is 1. The Morgan fingerprint density at radius 3 is 2.00 bits per heavy atom. The minimum Gasteiger partial charge on any atom is -0.463 e. The molecule has 0 bridgehead atoms. The molecule has 7 nitrogen and oxygen atoms in total. The van der Waals surface area contributed by atoms with Gasteiger partial charge in [-0.15, -0.1) is 0 Å². The smallest absolute Gasteiger partial charge is 0.302 e. The van der Waals surface area contributed by atoms with E-state index in [-0.39, 0.29) is 0 Å². The van der Waals surface area contributed by atoms with Crippen LogP contribution >= 0.6 is 0 Å². The highest BCUT2D eigenvalue weighted by molar-refractivity contribution is 5.65. The van der Waals surface area contributed by atoms with Crippen molar-refractivity contribution in [1.82, 2.24) is 0 Å². The number of hydrogen-bond acceptors (Lipinski definition) is 7. The van der Waals surface area contributed by atoms with E-state index < -0.39 is 43.6 Å². The average Bonchev–Trinajstić information content (AvgIpc) is 2.22. The monoisotopic (exact) mass is 224 g/mol. The van der Waals surface area contributed by atoms with Gasteiger partial charge in [-0.1, -0.05) is 0 Å². The maximum absolute atomic E-state index is 10.4. The second-order valence-electron chi connectivity index (χ2n) is 3.10. The fourth-order valence-electron chi connectivity index (χ4n) is 0.865. The van der Waals surface area contributed by atoms with Gasteiger partial charge in [0.15, 0.2) is 0 Å². The number of ether oxygens (including phenoxy) is 1. The summed E-state index contributed by atoms with van der Waals surface area (Å²) in [6, 6.07) is 0. The summed E-state index contributed by atoms with van der Waals surface area (Å²) in [5.41, 5.74) is 0. The number of aliphatic hydroxyl groups excluding tert-OH is 5. The lowest BCUT2D eigenvalue weighted by Crippen LogP contribution is -2.47. The van der Waals surface area contributed by atoms with Crippen LogP contribution in [0.1, 0.15) is 6.92 Å². The van der Waals surface area contributed by atoms with Gasteiger partial charge in [0.2, 0.25) is 0 Å². The minimum atomic E-state index is -1.71. The molecule has 4 atom stereocenters. The lowest BCUT2D eigenvalue weighted by molar-refractivity contribution is -0.154. The molecule has 0 fully saturated rings. The number of carbonyl (C=O) groups excluding carboxylic acids is 1. The Balaban J connectivity index is 4.06. The summed E-state index contributed by atoms with van der Waals surface area (Å²) >= 11 is 0. The Morgan fingerprint density at radius 1 is 1.13 bits per heavy atom. The Bertz CT molecular complexity index is 195. The van der Waals surface area contributed by atoms with Crippen molar-refractivity contribution >= 4 is 5.97 Å². The molecule has 0 aromatic rings. The fraction of sp³-hybridized carbons (Fsp3) is 0.875. The van der Waals surface area contributed by atoms with Crippen LogP contribution in [0, 0.1) is 0 Å². The van der Waals surface area contributed by atoms with E-state index in [0.29, 0.717) is 0 Å². The van der Waals surface area contributed by atoms with Crippen LogP contribution in [0.5, 0.6) is 0 Å². The number of hydrogen-bond donors (Lipinski definition) is 5. The van der Waals surface area contributed by atoms with E-state index in [1.807, 2.05) is 0 Å². The number of rotatable bonds is 6. The lowest BCUT2D eigenvalue weighted by atomic mass is 10.0. The van der Waals surface area contributed by atoms with Crippen molar-refractivity contribution in [2.45, 2.75) is 31.3 Å². The highest BCUT2D eigenvalue weighted by Gasteiger charge is 2.30. The van der Waals surface area contributed by atoms with Crippen molar-refractivity contribution in [3.63, 3.8) is 0 Å². The van der Waals surface area contributed by atoms with Gasteiger partial charge >= 0.3 is 5.97 Å². The van der Waals surface area contributed by atoms with Crippen LogP contribution in [0.15, 0.2) is 0 Å². The first-order valence-corrected chi connectivity index (χ1v) is 4.36. The summed E-state index contributed by atoms with van der Waals surface area (Å²) < 4.78 is 4.38. The molecule has 0 aromatic heterocycles. The Labute approximate surface area is 86.5 Å². The standard InChI is InChI=1S/C8H16O7/c1-4(10)15-3-6(12)8(14)7(13)5(11)2-9/h5-9,11-14H,2-3H2,1H3. The minimum absolute atomic E-state index is 0.494. The van der Waals surface area contributed by atoms with Gasteiger partial charge in [0.05, 0.1) is 6.61 Å². The van der Waals surface area contributed by atoms with E-state index in [4.69, 9.17) is 15.3 Å². The van der Waals surface area contributed by atoms with E-state index in [2.05, 4.69) is 4.74 Å². The van der Waals surface area contributed by atoms with Gasteiger partial charge < -0.3 is 30.3 Å². The number of aliphatic hydroxyl groups is 5. The Morgan fingerprint density at radius 2 is 1.60 bits per heavy atom. The molecule has 0 aromatic carbocycles. The molecule has 0 rings (SSSR count). The molecule has 5 N–H and O–H groups in total. The first kappa shape index (κ1) is 14.3. The molecule has 90 valence electrons. The summed E-state index contributed by atoms with van der Waals surface area (Å²) in [7, 11) is 0. The van der Waals surface area contributed by atoms with Crippen LogP contribution < -0.4 is 0 Å². The van der Waals surface area contributed by atoms with E-state index in [0.717, 1.165) is 6.92 Å². The molecule has 0 saturated carbocycles. The molecular weight excluding hydrogens is 208 g/mol. The van der Waals surface area contributed by atoms with E-state index >= 15 is 0 Å². The molecule has 0 heterocycles. The highest BCUT2D eigenvalue weighted by Crippen LogP contribution is 2.05. The average molecular weight is 224 g/mol. The predicted molar refractivity (Wildman–Crippen MR) is 47.7 cm³/mol. The summed E-state index contributed by atoms with van der Waals surface area (Å²) in [4.78, 5) is 10.4. The highest BCUT2D eigenvalue weighted by atomic mass is 16.5. The first-order chi connectivity index (χ1) is 6.90. The predicted octanol–water partition coefficient (Wildman–Crippen LogP) is -3.01. The molecule has 0 radical (unpaired) electrons. The summed E-state index contributed by atoms with van der Waals surface area (Å²) in [6.45, 7) is -0.123. The van der Waals surface area contributed by atoms with Crippen molar-refractivity contribution in [1.29, 1.82) is 0 Å². The van der Waals surface area contributed by atoms with Gasteiger partial charge in [-0.25, -0.2) is 0 Å². The van der Waals surface area contributed by atoms with Gasteiger partial charge in [0.1, 0.15) is 31.0 Å². The van der Waals surface area contributed by atoms with E-state index in [1.54, 1.807) is 0 Å². The van der Waals surface area contributed by atoms with E-state index in [1.165, 1.54) is 0 Å². The summed E-state index contributed by atoms with van der Waals surface area (Å²) in [5, 5.41) is 45.0. The molecule has 0 aliphatic rings. The van der Waals surface area contributed by atoms with Gasteiger partial charge in [0, 0.05) is 6.92 Å². The maximum atomic E-state index is 10.4. The second-order valence-corrected chi connectivity index (χ2v) is 3.10. The first-order valence-electron chi connectivity index (χ1n) is 4.36. The molecule has 4 unspecified atom stereocenters. The van der Waals surface area contributed by atoms with Gasteiger partial charge in [0.25, 0.3) is 0 Å². The fourth-order valence-corrected chi connectivity index (χ4v) is 0.865. The quantitative estimate of drug-likeness (QED) is 0.304. The molecular formula is C8H16O7. The van der Waals surface area contributed by atoms with Crippen molar-refractivity contribution in [3.05, 3.63) is 0 Å². The summed E-state index contributed by atoms with van der Waals surface area (Å²) in [5.74, 6) is -0.640. The molecule has 7 heteroatoms. The van der Waals surface area contributed by atoms with Crippen molar-refractivity contribution in [2.24, 2.45) is 0 Å². The van der Waals surface area contributed by atoms with Crippen molar-refractivity contribution in [3.8, 4) is 0 Å². The third-order valence-electron chi connectivity index (χ3n) is 1.78. The van der Waals surface area contributed by atoms with Crippen LogP contribution in [0.25, 0.3) is 0 Å². The van der Waals surface area contributed by atoms with Gasteiger partial charge in [-0.3, -0.25) is 4.79 Å². The molecule has 0 aliphatic carbocycles. The van der Waals surface area contributed by atoms with Gasteiger partial charge in [-0.05, 0) is 0 Å². The van der Waals surface area contributed by atoms with Crippen molar-refractivity contribution < 1.29 is 35.1 Å². The maximum Gasteiger partial charge on any atom is 0.302 e. The summed E-state index contributed by atoms with van der Waals surface area (Å²) in [6.07, 6.45) is -6.50. The third-order valence-corrected chi connectivity index (χ3v) is 1.78.